The van der Waals surface area contributed by atoms with Crippen LogP contribution >= 0.6 is 0 Å². The Kier molecular flexibility index (Phi) is 5.64. The molecule has 110 valence electrons. The number of carbonyl (C=O) groups excluding carboxylic acids is 1. The summed E-state index contributed by atoms with van der Waals surface area (Å²) in [6.45, 7) is 2.90. The topological polar surface area (TPSA) is 68.8 Å². The van der Waals surface area contributed by atoms with Gasteiger partial charge in [-0.2, -0.15) is 0 Å². The van der Waals surface area contributed by atoms with Crippen molar-refractivity contribution in [3.05, 3.63) is 24.3 Å². The fourth-order valence-electron chi connectivity index (χ4n) is 1.84. The van der Waals surface area contributed by atoms with Crippen molar-refractivity contribution in [3.63, 3.8) is 0 Å². The number of para-hydroxylation sites is 2. The van der Waals surface area contributed by atoms with Crippen molar-refractivity contribution in [2.45, 2.75) is 6.10 Å². The van der Waals surface area contributed by atoms with Crippen molar-refractivity contribution in [3.8, 4) is 11.5 Å². The first-order valence-electron chi connectivity index (χ1n) is 6.67. The van der Waals surface area contributed by atoms with Crippen molar-refractivity contribution in [1.29, 1.82) is 0 Å². The van der Waals surface area contributed by atoms with Gasteiger partial charge in [-0.15, -0.1) is 0 Å². The van der Waals surface area contributed by atoms with Gasteiger partial charge in [0, 0.05) is 26.7 Å². The van der Waals surface area contributed by atoms with E-state index < -0.39 is 6.10 Å². The highest BCUT2D eigenvalue weighted by Gasteiger charge is 2.26. The summed E-state index contributed by atoms with van der Waals surface area (Å²) < 4.78 is 16.0. The summed E-state index contributed by atoms with van der Waals surface area (Å²) in [7, 11) is 1.65. The van der Waals surface area contributed by atoms with Gasteiger partial charge in [-0.3, -0.25) is 4.79 Å². The van der Waals surface area contributed by atoms with Crippen LogP contribution in [-0.2, 0) is 9.53 Å². The number of hydrogen-bond acceptors (Lipinski definition) is 5. The molecule has 0 radical (unpaired) electrons. The van der Waals surface area contributed by atoms with Gasteiger partial charge in [0.2, 0.25) is 6.10 Å². The number of benzene rings is 1. The van der Waals surface area contributed by atoms with Crippen molar-refractivity contribution in [2.24, 2.45) is 0 Å². The molecule has 0 spiro atoms. The maximum atomic E-state index is 11.9. The molecule has 1 atom stereocenters. The Balaban J connectivity index is 1.69. The minimum Gasteiger partial charge on any atom is -0.485 e. The van der Waals surface area contributed by atoms with Crippen LogP contribution in [0, 0.1) is 0 Å². The third-order valence-corrected chi connectivity index (χ3v) is 2.89. The van der Waals surface area contributed by atoms with E-state index >= 15 is 0 Å². The maximum absolute atomic E-state index is 11.9. The molecule has 0 saturated heterocycles. The third kappa shape index (κ3) is 4.11. The number of hydrogen-bond donors (Lipinski definition) is 2. The van der Waals surface area contributed by atoms with Crippen LogP contribution in [0.25, 0.3) is 0 Å². The first-order chi connectivity index (χ1) is 9.81. The maximum Gasteiger partial charge on any atom is 0.264 e. The van der Waals surface area contributed by atoms with Crippen molar-refractivity contribution in [1.82, 2.24) is 10.6 Å². The first-order valence-corrected chi connectivity index (χ1v) is 6.67. The fourth-order valence-corrected chi connectivity index (χ4v) is 1.84. The van der Waals surface area contributed by atoms with E-state index in [0.29, 0.717) is 31.2 Å². The zero-order valence-corrected chi connectivity index (χ0v) is 11.6. The van der Waals surface area contributed by atoms with Crippen molar-refractivity contribution in [2.75, 3.05) is 40.0 Å². The standard InChI is InChI=1S/C14H20N2O4/c1-18-9-8-15-6-7-16-14(17)13-10-19-11-4-2-3-5-12(11)20-13/h2-5,13,15H,6-10H2,1H3,(H,16,17). The van der Waals surface area contributed by atoms with E-state index in [1.807, 2.05) is 18.2 Å². The summed E-state index contributed by atoms with van der Waals surface area (Å²) in [5, 5.41) is 5.96. The number of nitrogens with one attached hydrogen (secondary N) is 2. The molecule has 1 amide bonds. The molecule has 0 saturated carbocycles. The molecule has 0 bridgehead atoms. The average molecular weight is 280 g/mol. The van der Waals surface area contributed by atoms with Crippen LogP contribution in [0.15, 0.2) is 24.3 Å². The molecule has 1 heterocycles. The van der Waals surface area contributed by atoms with Crippen LogP contribution in [0.4, 0.5) is 0 Å². The number of rotatable bonds is 7. The highest BCUT2D eigenvalue weighted by molar-refractivity contribution is 5.81. The zero-order chi connectivity index (χ0) is 14.2. The molecule has 0 fully saturated rings. The van der Waals surface area contributed by atoms with Crippen LogP contribution in [-0.4, -0.2) is 52.0 Å². The number of methoxy groups -OCH3 is 1. The van der Waals surface area contributed by atoms with Gasteiger partial charge in [0.1, 0.15) is 6.61 Å². The lowest BCUT2D eigenvalue weighted by Crippen LogP contribution is -2.45. The molecule has 1 aliphatic heterocycles. The van der Waals surface area contributed by atoms with Gasteiger partial charge in [-0.25, -0.2) is 0 Å². The lowest BCUT2D eigenvalue weighted by molar-refractivity contribution is -0.130. The summed E-state index contributed by atoms with van der Waals surface area (Å²) in [6.07, 6.45) is -0.594. The van der Waals surface area contributed by atoms with Gasteiger partial charge < -0.3 is 24.8 Å². The highest BCUT2D eigenvalue weighted by atomic mass is 16.6. The Morgan fingerprint density at radius 2 is 2.10 bits per heavy atom. The lowest BCUT2D eigenvalue weighted by atomic mass is 10.2. The van der Waals surface area contributed by atoms with Gasteiger partial charge >= 0.3 is 0 Å². The monoisotopic (exact) mass is 280 g/mol. The fraction of sp³-hybridized carbons (Fsp3) is 0.500. The number of ether oxygens (including phenoxy) is 3. The molecule has 0 aromatic heterocycles. The van der Waals surface area contributed by atoms with Crippen molar-refractivity contribution >= 4 is 5.91 Å². The normalized spacial score (nSPS) is 16.8. The van der Waals surface area contributed by atoms with Gasteiger partial charge in [-0.05, 0) is 12.1 Å². The van der Waals surface area contributed by atoms with Crippen molar-refractivity contribution < 1.29 is 19.0 Å². The Morgan fingerprint density at radius 3 is 2.90 bits per heavy atom. The molecular weight excluding hydrogens is 260 g/mol. The average Bonchev–Trinajstić information content (AvgIpc) is 2.50. The molecule has 6 nitrogen and oxygen atoms in total. The number of carbonyl (C=O) groups is 1. The van der Waals surface area contributed by atoms with E-state index in [2.05, 4.69) is 10.6 Å². The van der Waals surface area contributed by atoms with Gasteiger partial charge in [-0.1, -0.05) is 12.1 Å². The summed E-state index contributed by atoms with van der Waals surface area (Å²) in [6, 6.07) is 7.33. The first kappa shape index (κ1) is 14.6. The summed E-state index contributed by atoms with van der Waals surface area (Å²) in [5.41, 5.74) is 0. The minimum absolute atomic E-state index is 0.159. The lowest BCUT2D eigenvalue weighted by Gasteiger charge is -2.25. The van der Waals surface area contributed by atoms with Gasteiger partial charge in [0.05, 0.1) is 6.61 Å². The molecule has 1 aromatic rings. The SMILES string of the molecule is COCCNCCNC(=O)C1COc2ccccc2O1. The Labute approximate surface area is 118 Å². The smallest absolute Gasteiger partial charge is 0.264 e. The predicted octanol–water partition coefficient (Wildman–Crippen LogP) is 0.179. The van der Waals surface area contributed by atoms with E-state index in [1.165, 1.54) is 0 Å². The number of amides is 1. The Morgan fingerprint density at radius 1 is 1.30 bits per heavy atom. The third-order valence-electron chi connectivity index (χ3n) is 2.89. The van der Waals surface area contributed by atoms with E-state index in [4.69, 9.17) is 14.2 Å². The molecular formula is C14H20N2O4. The molecule has 2 rings (SSSR count). The molecule has 20 heavy (non-hydrogen) atoms. The van der Waals surface area contributed by atoms with Crippen LogP contribution in [0.5, 0.6) is 11.5 Å². The van der Waals surface area contributed by atoms with E-state index in [0.717, 1.165) is 6.54 Å². The summed E-state index contributed by atoms with van der Waals surface area (Å²) >= 11 is 0. The summed E-state index contributed by atoms with van der Waals surface area (Å²) in [4.78, 5) is 11.9. The van der Waals surface area contributed by atoms with E-state index in [1.54, 1.807) is 13.2 Å². The number of fused-ring (bicyclic) bond motifs is 1. The van der Waals surface area contributed by atoms with Gasteiger partial charge in [0.15, 0.2) is 11.5 Å². The van der Waals surface area contributed by atoms with Crippen LogP contribution in [0.2, 0.25) is 0 Å². The predicted molar refractivity (Wildman–Crippen MR) is 74.1 cm³/mol. The highest BCUT2D eigenvalue weighted by Crippen LogP contribution is 2.30. The molecule has 1 aliphatic rings. The van der Waals surface area contributed by atoms with Crippen LogP contribution in [0.1, 0.15) is 0 Å². The zero-order valence-electron chi connectivity index (χ0n) is 11.6. The molecule has 1 aromatic carbocycles. The molecule has 6 heteroatoms. The largest absolute Gasteiger partial charge is 0.485 e. The van der Waals surface area contributed by atoms with E-state index in [-0.39, 0.29) is 12.5 Å². The Hall–Kier alpha value is -1.79. The van der Waals surface area contributed by atoms with Crippen LogP contribution in [0.3, 0.4) is 0 Å². The second kappa shape index (κ2) is 7.72. The second-order valence-electron chi connectivity index (χ2n) is 4.40. The molecule has 0 aliphatic carbocycles. The minimum atomic E-state index is -0.594. The van der Waals surface area contributed by atoms with E-state index in [9.17, 15) is 4.79 Å². The molecule has 1 unspecified atom stereocenters. The Bertz CT molecular complexity index is 439. The summed E-state index contributed by atoms with van der Waals surface area (Å²) in [5.74, 6) is 1.13. The molecule has 2 N–H and O–H groups in total. The second-order valence-corrected chi connectivity index (χ2v) is 4.40. The van der Waals surface area contributed by atoms with Gasteiger partial charge in [0.25, 0.3) is 5.91 Å². The van der Waals surface area contributed by atoms with Crippen LogP contribution < -0.4 is 20.1 Å². The quantitative estimate of drug-likeness (QED) is 0.697.